The second kappa shape index (κ2) is 8.03. The van der Waals surface area contributed by atoms with E-state index in [0.29, 0.717) is 14.9 Å². The molecule has 0 bridgehead atoms. The van der Waals surface area contributed by atoms with E-state index in [-0.39, 0.29) is 11.5 Å². The Morgan fingerprint density at radius 2 is 2.07 bits per heavy atom. The third-order valence-corrected chi connectivity index (χ3v) is 5.93. The first-order chi connectivity index (χ1) is 12.9. The lowest BCUT2D eigenvalue weighted by molar-refractivity contribution is -0.129. The summed E-state index contributed by atoms with van der Waals surface area (Å²) in [6, 6.07) is 8.85. The summed E-state index contributed by atoms with van der Waals surface area (Å²) in [5, 5.41) is 13.6. The lowest BCUT2D eigenvalue weighted by Gasteiger charge is -2.22. The molecule has 3 rings (SSSR count). The van der Waals surface area contributed by atoms with Gasteiger partial charge in [0.05, 0.1) is 10.5 Å². The molecule has 2 aromatic rings. The number of carboxylic acid groups (broad SMARTS) is 1. The number of thioether (sulfide) groups is 1. The molecular weight excluding hydrogens is 404 g/mol. The number of carbonyl (C=O) groups is 3. The van der Waals surface area contributed by atoms with E-state index in [9.17, 15) is 14.4 Å². The molecule has 1 fully saturated rings. The highest BCUT2D eigenvalue weighted by molar-refractivity contribution is 8.26. The van der Waals surface area contributed by atoms with E-state index in [2.05, 4.69) is 5.32 Å². The SMILES string of the molecule is CC(C(=O)Nc1cccc(C(=O)O)c1)N1C(=O)/C(=C/c2cccs2)SC1=S. The molecule has 27 heavy (non-hydrogen) atoms. The van der Waals surface area contributed by atoms with Crippen LogP contribution in [0.1, 0.15) is 22.2 Å². The molecule has 2 N–H and O–H groups in total. The maximum Gasteiger partial charge on any atom is 0.335 e. The predicted molar refractivity (Wildman–Crippen MR) is 111 cm³/mol. The zero-order chi connectivity index (χ0) is 19.6. The molecule has 0 spiro atoms. The van der Waals surface area contributed by atoms with Crippen LogP contribution in [0.15, 0.2) is 46.7 Å². The fraction of sp³-hybridized carbons (Fsp3) is 0.111. The van der Waals surface area contributed by atoms with E-state index in [1.165, 1.54) is 34.4 Å². The van der Waals surface area contributed by atoms with Gasteiger partial charge in [-0.05, 0) is 42.6 Å². The lowest BCUT2D eigenvalue weighted by atomic mass is 10.2. The molecule has 9 heteroatoms. The van der Waals surface area contributed by atoms with Crippen molar-refractivity contribution in [3.05, 3.63) is 57.1 Å². The monoisotopic (exact) mass is 418 g/mol. The number of thiophene rings is 1. The van der Waals surface area contributed by atoms with E-state index in [4.69, 9.17) is 17.3 Å². The molecule has 1 aliphatic rings. The number of rotatable bonds is 5. The van der Waals surface area contributed by atoms with E-state index in [0.717, 1.165) is 16.6 Å². The number of anilines is 1. The number of aromatic carboxylic acids is 1. The summed E-state index contributed by atoms with van der Waals surface area (Å²) in [5.74, 6) is -1.86. The van der Waals surface area contributed by atoms with Crippen LogP contribution < -0.4 is 5.32 Å². The van der Waals surface area contributed by atoms with E-state index in [1.54, 1.807) is 19.1 Å². The van der Waals surface area contributed by atoms with Gasteiger partial charge in [-0.15, -0.1) is 11.3 Å². The number of thiocarbonyl (C=S) groups is 1. The summed E-state index contributed by atoms with van der Waals surface area (Å²) in [7, 11) is 0. The molecule has 1 aromatic heterocycles. The van der Waals surface area contributed by atoms with Crippen molar-refractivity contribution in [3.63, 3.8) is 0 Å². The highest BCUT2D eigenvalue weighted by Crippen LogP contribution is 2.34. The summed E-state index contributed by atoms with van der Waals surface area (Å²) in [6.07, 6.45) is 1.75. The van der Waals surface area contributed by atoms with Crippen molar-refractivity contribution in [1.29, 1.82) is 0 Å². The van der Waals surface area contributed by atoms with Crippen LogP contribution in [0.3, 0.4) is 0 Å². The van der Waals surface area contributed by atoms with Crippen LogP contribution in [0.2, 0.25) is 0 Å². The van der Waals surface area contributed by atoms with E-state index in [1.807, 2.05) is 17.5 Å². The third-order valence-electron chi connectivity index (χ3n) is 3.78. The van der Waals surface area contributed by atoms with E-state index < -0.39 is 17.9 Å². The van der Waals surface area contributed by atoms with Gasteiger partial charge in [-0.2, -0.15) is 0 Å². The van der Waals surface area contributed by atoms with Gasteiger partial charge in [0.15, 0.2) is 0 Å². The van der Waals surface area contributed by atoms with Crippen LogP contribution in [0.5, 0.6) is 0 Å². The number of hydrogen-bond acceptors (Lipinski definition) is 6. The van der Waals surface area contributed by atoms with Crippen molar-refractivity contribution in [2.45, 2.75) is 13.0 Å². The smallest absolute Gasteiger partial charge is 0.335 e. The quantitative estimate of drug-likeness (QED) is 0.569. The van der Waals surface area contributed by atoms with Gasteiger partial charge in [0.1, 0.15) is 10.4 Å². The summed E-state index contributed by atoms with van der Waals surface area (Å²) < 4.78 is 0.310. The van der Waals surface area contributed by atoms with Gasteiger partial charge < -0.3 is 10.4 Å². The summed E-state index contributed by atoms with van der Waals surface area (Å²) in [4.78, 5) is 39.0. The molecule has 1 atom stereocenters. The topological polar surface area (TPSA) is 86.7 Å². The molecule has 1 saturated heterocycles. The third kappa shape index (κ3) is 4.26. The average Bonchev–Trinajstić information content (AvgIpc) is 3.23. The number of hydrogen-bond donors (Lipinski definition) is 2. The minimum Gasteiger partial charge on any atom is -0.478 e. The fourth-order valence-electron chi connectivity index (χ4n) is 2.41. The van der Waals surface area contributed by atoms with Crippen LogP contribution in [0.25, 0.3) is 6.08 Å². The molecule has 1 unspecified atom stereocenters. The summed E-state index contributed by atoms with van der Waals surface area (Å²) in [6.45, 7) is 1.58. The number of nitrogens with zero attached hydrogens (tertiary/aromatic N) is 1. The molecule has 0 radical (unpaired) electrons. The number of carboxylic acids is 1. The molecule has 6 nitrogen and oxygen atoms in total. The van der Waals surface area contributed by atoms with Gasteiger partial charge in [-0.3, -0.25) is 14.5 Å². The zero-order valence-electron chi connectivity index (χ0n) is 14.0. The highest BCUT2D eigenvalue weighted by atomic mass is 32.2. The Kier molecular flexibility index (Phi) is 5.73. The molecule has 2 amide bonds. The average molecular weight is 419 g/mol. The molecule has 0 saturated carbocycles. The van der Waals surface area contributed by atoms with Crippen molar-refractivity contribution in [1.82, 2.24) is 4.90 Å². The number of benzene rings is 1. The molecule has 0 aliphatic carbocycles. The second-order valence-electron chi connectivity index (χ2n) is 5.62. The van der Waals surface area contributed by atoms with Gasteiger partial charge in [-0.1, -0.05) is 36.1 Å². The van der Waals surface area contributed by atoms with Gasteiger partial charge in [0.25, 0.3) is 5.91 Å². The van der Waals surface area contributed by atoms with Crippen LogP contribution >= 0.6 is 35.3 Å². The Morgan fingerprint density at radius 1 is 1.30 bits per heavy atom. The maximum absolute atomic E-state index is 12.7. The van der Waals surface area contributed by atoms with Crippen molar-refractivity contribution in [3.8, 4) is 0 Å². The number of carbonyl (C=O) groups excluding carboxylic acids is 2. The van der Waals surface area contributed by atoms with E-state index >= 15 is 0 Å². The van der Waals surface area contributed by atoms with Gasteiger partial charge >= 0.3 is 5.97 Å². The van der Waals surface area contributed by atoms with Gasteiger partial charge in [0, 0.05) is 10.6 Å². The van der Waals surface area contributed by atoms with Crippen molar-refractivity contribution in [2.24, 2.45) is 0 Å². The predicted octanol–water partition coefficient (Wildman–Crippen LogP) is 3.67. The first-order valence-corrected chi connectivity index (χ1v) is 9.92. The van der Waals surface area contributed by atoms with Gasteiger partial charge in [0.2, 0.25) is 5.91 Å². The van der Waals surface area contributed by atoms with Crippen LogP contribution in [-0.2, 0) is 9.59 Å². The van der Waals surface area contributed by atoms with Gasteiger partial charge in [-0.25, -0.2) is 4.79 Å². The molecular formula is C18H14N2O4S3. The zero-order valence-corrected chi connectivity index (χ0v) is 16.5. The minimum absolute atomic E-state index is 0.0601. The van der Waals surface area contributed by atoms with Crippen LogP contribution in [-0.4, -0.2) is 38.2 Å². The molecule has 2 heterocycles. The first kappa shape index (κ1) is 19.3. The Balaban J connectivity index is 1.75. The summed E-state index contributed by atoms with van der Waals surface area (Å²) >= 11 is 7.94. The second-order valence-corrected chi connectivity index (χ2v) is 8.27. The summed E-state index contributed by atoms with van der Waals surface area (Å²) in [5.41, 5.74) is 0.399. The van der Waals surface area contributed by atoms with Crippen molar-refractivity contribution >= 4 is 69.2 Å². The first-order valence-electron chi connectivity index (χ1n) is 7.81. The highest BCUT2D eigenvalue weighted by Gasteiger charge is 2.38. The number of nitrogens with one attached hydrogen (secondary N) is 1. The maximum atomic E-state index is 12.7. The van der Waals surface area contributed by atoms with Crippen molar-refractivity contribution < 1.29 is 19.5 Å². The minimum atomic E-state index is -1.09. The Bertz CT molecular complexity index is 953. The standard InChI is InChI=1S/C18H14N2O4S3/c1-10(15(21)19-12-5-2-4-11(8-12)17(23)24)20-16(22)14(27-18(20)25)9-13-6-3-7-26-13/h2-10H,1H3,(H,19,21)(H,23,24)/b14-9-. The normalized spacial score (nSPS) is 16.6. The van der Waals surface area contributed by atoms with Crippen molar-refractivity contribution in [2.75, 3.05) is 5.32 Å². The lowest BCUT2D eigenvalue weighted by Crippen LogP contribution is -2.44. The molecule has 1 aromatic carbocycles. The molecule has 138 valence electrons. The van der Waals surface area contributed by atoms with Crippen LogP contribution in [0.4, 0.5) is 5.69 Å². The number of amides is 2. The molecule has 1 aliphatic heterocycles. The fourth-order valence-corrected chi connectivity index (χ4v) is 4.55. The Morgan fingerprint density at radius 3 is 2.74 bits per heavy atom. The largest absolute Gasteiger partial charge is 0.478 e. The Hall–Kier alpha value is -2.49. The Labute approximate surface area is 168 Å². The van der Waals surface area contributed by atoms with Crippen LogP contribution in [0, 0.1) is 0 Å².